The minimum absolute atomic E-state index is 0.127. The number of aliphatic carboxylic acids is 1. The zero-order chi connectivity index (χ0) is 15.0. The van der Waals surface area contributed by atoms with Crippen LogP contribution in [0.3, 0.4) is 0 Å². The van der Waals surface area contributed by atoms with Gasteiger partial charge in [0.2, 0.25) is 10.0 Å². The minimum atomic E-state index is -3.46. The zero-order valence-electron chi connectivity index (χ0n) is 11.0. The number of carbonyl (C=O) groups is 1. The monoisotopic (exact) mass is 303 g/mol. The fourth-order valence-corrected chi connectivity index (χ4v) is 2.24. The highest BCUT2D eigenvalue weighted by molar-refractivity contribution is 7.92. The summed E-state index contributed by atoms with van der Waals surface area (Å²) in [6.07, 6.45) is 0. The molecule has 0 radical (unpaired) electrons. The molecule has 20 heavy (non-hydrogen) atoms. The Bertz CT molecular complexity index is 525. The summed E-state index contributed by atoms with van der Waals surface area (Å²) in [5, 5.41) is 8.46. The third-order valence-electron chi connectivity index (χ3n) is 2.19. The Morgan fingerprint density at radius 1 is 1.30 bits per heavy atom. The molecule has 0 aliphatic rings. The second-order valence-electron chi connectivity index (χ2n) is 3.82. The van der Waals surface area contributed by atoms with Gasteiger partial charge in [-0.2, -0.15) is 0 Å². The number of benzene rings is 1. The van der Waals surface area contributed by atoms with Crippen LogP contribution in [0.15, 0.2) is 24.3 Å². The van der Waals surface area contributed by atoms with E-state index in [2.05, 4.69) is 4.72 Å². The summed E-state index contributed by atoms with van der Waals surface area (Å²) in [6, 6.07) is 5.97. The molecule has 1 rings (SSSR count). The van der Waals surface area contributed by atoms with Crippen LogP contribution in [-0.2, 0) is 19.6 Å². The lowest BCUT2D eigenvalue weighted by molar-refractivity contribution is -0.139. The van der Waals surface area contributed by atoms with Crippen molar-refractivity contribution in [1.82, 2.24) is 0 Å². The van der Waals surface area contributed by atoms with Crippen LogP contribution in [0.4, 0.5) is 5.69 Å². The van der Waals surface area contributed by atoms with Gasteiger partial charge in [0.15, 0.2) is 6.61 Å². The van der Waals surface area contributed by atoms with Gasteiger partial charge >= 0.3 is 5.97 Å². The molecular formula is C12H17NO6S. The summed E-state index contributed by atoms with van der Waals surface area (Å²) in [4.78, 5) is 10.3. The number of nitrogens with one attached hydrogen (secondary N) is 1. The van der Waals surface area contributed by atoms with Crippen molar-refractivity contribution in [3.63, 3.8) is 0 Å². The molecule has 1 aromatic rings. The lowest BCUT2D eigenvalue weighted by Crippen LogP contribution is -2.20. The number of carboxylic acids is 1. The minimum Gasteiger partial charge on any atom is -0.482 e. The highest BCUT2D eigenvalue weighted by Gasteiger charge is 2.10. The maximum Gasteiger partial charge on any atom is 0.341 e. The number of carboxylic acid groups (broad SMARTS) is 1. The molecular weight excluding hydrogens is 286 g/mol. The van der Waals surface area contributed by atoms with Crippen LogP contribution in [0.25, 0.3) is 0 Å². The van der Waals surface area contributed by atoms with Gasteiger partial charge < -0.3 is 14.6 Å². The number of sulfonamides is 1. The van der Waals surface area contributed by atoms with Gasteiger partial charge in [-0.25, -0.2) is 13.2 Å². The third kappa shape index (κ3) is 6.39. The van der Waals surface area contributed by atoms with Crippen LogP contribution >= 0.6 is 0 Å². The van der Waals surface area contributed by atoms with E-state index in [0.717, 1.165) is 0 Å². The fourth-order valence-electron chi connectivity index (χ4n) is 1.31. The third-order valence-corrected chi connectivity index (χ3v) is 3.44. The van der Waals surface area contributed by atoms with E-state index in [0.29, 0.717) is 18.0 Å². The van der Waals surface area contributed by atoms with Gasteiger partial charge in [0.1, 0.15) is 5.75 Å². The molecule has 0 saturated heterocycles. The van der Waals surface area contributed by atoms with E-state index in [4.69, 9.17) is 14.6 Å². The predicted octanol–water partition coefficient (Wildman–Crippen LogP) is 0.928. The average Bonchev–Trinajstić information content (AvgIpc) is 2.37. The van der Waals surface area contributed by atoms with E-state index in [1.165, 1.54) is 24.3 Å². The Labute approximate surface area is 117 Å². The van der Waals surface area contributed by atoms with Crippen LogP contribution in [0.5, 0.6) is 5.75 Å². The summed E-state index contributed by atoms with van der Waals surface area (Å²) >= 11 is 0. The van der Waals surface area contributed by atoms with Crippen molar-refractivity contribution in [3.8, 4) is 5.75 Å². The van der Waals surface area contributed by atoms with E-state index in [-0.39, 0.29) is 12.4 Å². The lowest BCUT2D eigenvalue weighted by atomic mass is 10.3. The number of hydrogen-bond donors (Lipinski definition) is 2. The van der Waals surface area contributed by atoms with Gasteiger partial charge in [-0.15, -0.1) is 0 Å². The van der Waals surface area contributed by atoms with Crippen LogP contribution in [0.2, 0.25) is 0 Å². The van der Waals surface area contributed by atoms with E-state index < -0.39 is 22.6 Å². The molecule has 0 heterocycles. The van der Waals surface area contributed by atoms with Crippen molar-refractivity contribution in [2.45, 2.75) is 6.92 Å². The number of ether oxygens (including phenoxy) is 2. The summed E-state index contributed by atoms with van der Waals surface area (Å²) in [5.41, 5.74) is 0.379. The molecule has 0 aromatic heterocycles. The molecule has 0 fully saturated rings. The number of rotatable bonds is 9. The standard InChI is InChI=1S/C12H17NO6S/c1-2-18-7-8-20(16,17)13-10-3-5-11(6-4-10)19-9-12(14)15/h3-6,13H,2,7-9H2,1H3,(H,14,15). The summed E-state index contributed by atoms with van der Waals surface area (Å²) in [7, 11) is -3.46. The van der Waals surface area contributed by atoms with Crippen molar-refractivity contribution < 1.29 is 27.8 Å². The van der Waals surface area contributed by atoms with Gasteiger partial charge in [0.05, 0.1) is 12.4 Å². The molecule has 112 valence electrons. The van der Waals surface area contributed by atoms with Gasteiger partial charge in [0, 0.05) is 12.3 Å². The molecule has 0 aliphatic heterocycles. The summed E-state index contributed by atoms with van der Waals surface area (Å²) in [6.45, 7) is 1.94. The van der Waals surface area contributed by atoms with Crippen LogP contribution < -0.4 is 9.46 Å². The number of hydrogen-bond acceptors (Lipinski definition) is 5. The Morgan fingerprint density at radius 2 is 1.95 bits per heavy atom. The summed E-state index contributed by atoms with van der Waals surface area (Å²) in [5.74, 6) is -0.853. The van der Waals surface area contributed by atoms with E-state index in [1.807, 2.05) is 0 Å². The Morgan fingerprint density at radius 3 is 2.50 bits per heavy atom. The molecule has 0 saturated carbocycles. The van der Waals surface area contributed by atoms with E-state index >= 15 is 0 Å². The first-order valence-corrected chi connectivity index (χ1v) is 7.61. The molecule has 0 unspecified atom stereocenters. The molecule has 0 atom stereocenters. The van der Waals surface area contributed by atoms with Crippen molar-refractivity contribution >= 4 is 21.7 Å². The molecule has 1 aromatic carbocycles. The predicted molar refractivity (Wildman–Crippen MR) is 73.5 cm³/mol. The molecule has 8 heteroatoms. The largest absolute Gasteiger partial charge is 0.482 e. The zero-order valence-corrected chi connectivity index (χ0v) is 11.9. The van der Waals surface area contributed by atoms with Gasteiger partial charge in [-0.3, -0.25) is 4.72 Å². The Balaban J connectivity index is 2.54. The number of anilines is 1. The van der Waals surface area contributed by atoms with Crippen molar-refractivity contribution in [3.05, 3.63) is 24.3 Å². The fraction of sp³-hybridized carbons (Fsp3) is 0.417. The van der Waals surface area contributed by atoms with Crippen LogP contribution in [0, 0.1) is 0 Å². The maximum atomic E-state index is 11.7. The average molecular weight is 303 g/mol. The first kappa shape index (κ1) is 16.3. The van der Waals surface area contributed by atoms with Crippen molar-refractivity contribution in [2.24, 2.45) is 0 Å². The molecule has 0 spiro atoms. The Hall–Kier alpha value is -1.80. The highest BCUT2D eigenvalue weighted by atomic mass is 32.2. The highest BCUT2D eigenvalue weighted by Crippen LogP contribution is 2.16. The van der Waals surface area contributed by atoms with Crippen LogP contribution in [-0.4, -0.2) is 45.1 Å². The maximum absolute atomic E-state index is 11.7. The first-order valence-electron chi connectivity index (χ1n) is 5.96. The van der Waals surface area contributed by atoms with Gasteiger partial charge in [-0.1, -0.05) is 0 Å². The molecule has 2 N–H and O–H groups in total. The quantitative estimate of drug-likeness (QED) is 0.658. The summed E-state index contributed by atoms with van der Waals surface area (Å²) < 4.78 is 35.7. The second-order valence-corrected chi connectivity index (χ2v) is 5.67. The second kappa shape index (κ2) is 7.71. The Kier molecular flexibility index (Phi) is 6.26. The molecule has 0 bridgehead atoms. The molecule has 7 nitrogen and oxygen atoms in total. The van der Waals surface area contributed by atoms with E-state index in [1.54, 1.807) is 6.92 Å². The van der Waals surface area contributed by atoms with Gasteiger partial charge in [-0.05, 0) is 31.2 Å². The topological polar surface area (TPSA) is 102 Å². The smallest absolute Gasteiger partial charge is 0.341 e. The SMILES string of the molecule is CCOCCS(=O)(=O)Nc1ccc(OCC(=O)O)cc1. The normalized spacial score (nSPS) is 11.1. The molecule has 0 amide bonds. The van der Waals surface area contributed by atoms with Crippen LogP contribution in [0.1, 0.15) is 6.92 Å². The van der Waals surface area contributed by atoms with Crippen molar-refractivity contribution in [1.29, 1.82) is 0 Å². The lowest BCUT2D eigenvalue weighted by Gasteiger charge is -2.09. The molecule has 0 aliphatic carbocycles. The van der Waals surface area contributed by atoms with Crippen molar-refractivity contribution in [2.75, 3.05) is 30.3 Å². The van der Waals surface area contributed by atoms with Gasteiger partial charge in [0.25, 0.3) is 0 Å². The first-order chi connectivity index (χ1) is 9.43. The van der Waals surface area contributed by atoms with E-state index in [9.17, 15) is 13.2 Å².